The highest BCUT2D eigenvalue weighted by molar-refractivity contribution is 6.10. The van der Waals surface area contributed by atoms with E-state index in [2.05, 4.69) is 0 Å². The van der Waals surface area contributed by atoms with E-state index < -0.39 is 58.0 Å². The first-order valence-corrected chi connectivity index (χ1v) is 17.0. The molecule has 4 rings (SSSR count). The average molecular weight is 748 g/mol. The maximum absolute atomic E-state index is 14.3. The molecule has 0 fully saturated rings. The van der Waals surface area contributed by atoms with E-state index in [9.17, 15) is 37.1 Å². The van der Waals surface area contributed by atoms with E-state index in [0.717, 1.165) is 12.1 Å². The number of halogens is 3. The van der Waals surface area contributed by atoms with E-state index in [0.29, 0.717) is 16.7 Å². The molecule has 0 spiro atoms. The highest BCUT2D eigenvalue weighted by Crippen LogP contribution is 2.35. The van der Waals surface area contributed by atoms with Crippen LogP contribution in [0.15, 0.2) is 97.1 Å². The minimum atomic E-state index is -4.52. The Morgan fingerprint density at radius 3 is 1.81 bits per heavy atom. The number of esters is 3. The third-order valence-corrected chi connectivity index (χ3v) is 8.80. The molecule has 2 amide bonds. The van der Waals surface area contributed by atoms with Crippen LogP contribution in [-0.2, 0) is 46.6 Å². The van der Waals surface area contributed by atoms with Crippen molar-refractivity contribution in [1.29, 1.82) is 0 Å². The number of benzene rings is 4. The number of ether oxygens (including phenoxy) is 3. The molecule has 0 N–H and O–H groups in total. The Labute approximate surface area is 311 Å². The Bertz CT molecular complexity index is 1990. The van der Waals surface area contributed by atoms with Crippen LogP contribution in [0.25, 0.3) is 11.1 Å². The van der Waals surface area contributed by atoms with Crippen molar-refractivity contribution in [3.8, 4) is 11.1 Å². The Morgan fingerprint density at radius 1 is 0.685 bits per heavy atom. The van der Waals surface area contributed by atoms with Gasteiger partial charge in [0.15, 0.2) is 5.69 Å². The highest BCUT2D eigenvalue weighted by Gasteiger charge is 2.52. The summed E-state index contributed by atoms with van der Waals surface area (Å²) in [5.74, 6) is -3.65. The second kappa shape index (κ2) is 16.9. The molecule has 0 unspecified atom stereocenters. The van der Waals surface area contributed by atoms with Gasteiger partial charge in [0.1, 0.15) is 12.2 Å². The largest absolute Gasteiger partial charge is 0.465 e. The fraction of sp³-hybridized carbons (Fsp3) is 0.293. The maximum Gasteiger partial charge on any atom is 0.416 e. The third kappa shape index (κ3) is 8.69. The van der Waals surface area contributed by atoms with Crippen molar-refractivity contribution >= 4 is 35.4 Å². The SMILES string of the molecule is CCOC(=O)C(COC(=O)Cc1ccc([N+](C)(C)C(=O)c2ccccc2-c2ccc(C(F)(F)F)cc2)c(C(=O)N(C)C)c1)(C(=O)OCC)c1ccccc1. The van der Waals surface area contributed by atoms with Crippen LogP contribution in [0, 0.1) is 0 Å². The molecular weight excluding hydrogens is 705 g/mol. The van der Waals surface area contributed by atoms with Gasteiger partial charge in [-0.25, -0.2) is 9.28 Å². The molecule has 13 heteroatoms. The fourth-order valence-electron chi connectivity index (χ4n) is 5.92. The molecule has 0 saturated heterocycles. The molecule has 0 bridgehead atoms. The number of carbonyl (C=O) groups excluding carboxylic acids is 5. The van der Waals surface area contributed by atoms with Crippen LogP contribution in [-0.4, -0.2) is 82.6 Å². The van der Waals surface area contributed by atoms with Crippen molar-refractivity contribution in [2.45, 2.75) is 31.9 Å². The van der Waals surface area contributed by atoms with Crippen molar-refractivity contribution in [2.24, 2.45) is 0 Å². The number of hydrogen-bond donors (Lipinski definition) is 0. The van der Waals surface area contributed by atoms with Crippen molar-refractivity contribution in [1.82, 2.24) is 9.38 Å². The van der Waals surface area contributed by atoms with Crippen LogP contribution in [0.5, 0.6) is 0 Å². The zero-order valence-corrected chi connectivity index (χ0v) is 30.9. The van der Waals surface area contributed by atoms with E-state index >= 15 is 0 Å². The summed E-state index contributed by atoms with van der Waals surface area (Å²) >= 11 is 0. The van der Waals surface area contributed by atoms with E-state index in [-0.39, 0.29) is 42.0 Å². The summed E-state index contributed by atoms with van der Waals surface area (Å²) in [6.07, 6.45) is -4.90. The van der Waals surface area contributed by atoms with Crippen LogP contribution in [0.1, 0.15) is 51.3 Å². The number of rotatable bonds is 13. The lowest BCUT2D eigenvalue weighted by Crippen LogP contribution is -2.50. The number of nitrogens with zero attached hydrogens (tertiary/aromatic N) is 2. The Hall–Kier alpha value is -5.82. The molecule has 0 aromatic heterocycles. The van der Waals surface area contributed by atoms with Gasteiger partial charge in [-0.3, -0.25) is 19.2 Å². The first-order valence-electron chi connectivity index (χ1n) is 17.0. The summed E-state index contributed by atoms with van der Waals surface area (Å²) in [5.41, 5.74) is -0.979. The molecule has 4 aromatic rings. The van der Waals surface area contributed by atoms with Gasteiger partial charge in [-0.1, -0.05) is 66.7 Å². The third-order valence-electron chi connectivity index (χ3n) is 8.80. The number of hydrogen-bond acceptors (Lipinski definition) is 8. The summed E-state index contributed by atoms with van der Waals surface area (Å²) in [4.78, 5) is 69.3. The molecule has 0 radical (unpaired) electrons. The van der Waals surface area contributed by atoms with Gasteiger partial charge >= 0.3 is 30.0 Å². The molecule has 54 heavy (non-hydrogen) atoms. The maximum atomic E-state index is 14.3. The Kier molecular flexibility index (Phi) is 12.8. The second-order valence-electron chi connectivity index (χ2n) is 13.0. The smallest absolute Gasteiger partial charge is 0.416 e. The number of quaternary nitrogens is 1. The predicted molar refractivity (Wildman–Crippen MR) is 195 cm³/mol. The first kappa shape index (κ1) is 40.9. The number of amides is 2. The Balaban J connectivity index is 1.67. The van der Waals surface area contributed by atoms with E-state index in [1.807, 2.05) is 0 Å². The van der Waals surface area contributed by atoms with Crippen LogP contribution in [0.2, 0.25) is 0 Å². The van der Waals surface area contributed by atoms with E-state index in [1.165, 1.54) is 49.3 Å². The monoisotopic (exact) mass is 747 g/mol. The lowest BCUT2D eigenvalue weighted by molar-refractivity contribution is -0.170. The minimum absolute atomic E-state index is 0.0478. The van der Waals surface area contributed by atoms with Gasteiger partial charge in [-0.05, 0) is 60.4 Å². The normalized spacial score (nSPS) is 11.7. The topological polar surface area (TPSA) is 116 Å². The lowest BCUT2D eigenvalue weighted by atomic mass is 9.81. The molecular formula is C41H42F3N2O8+. The predicted octanol–water partition coefficient (Wildman–Crippen LogP) is 6.63. The van der Waals surface area contributed by atoms with E-state index in [1.54, 1.807) is 82.5 Å². The Morgan fingerprint density at radius 2 is 1.26 bits per heavy atom. The first-order chi connectivity index (χ1) is 25.5. The molecule has 0 atom stereocenters. The highest BCUT2D eigenvalue weighted by atomic mass is 19.4. The van der Waals surface area contributed by atoms with Crippen molar-refractivity contribution < 1.29 is 51.4 Å². The quantitative estimate of drug-likeness (QED) is 0.0648. The molecule has 284 valence electrons. The summed E-state index contributed by atoms with van der Waals surface area (Å²) in [6, 6.07) is 23.6. The average Bonchev–Trinajstić information content (AvgIpc) is 3.14. The van der Waals surface area contributed by atoms with Gasteiger partial charge in [0.05, 0.1) is 44.9 Å². The van der Waals surface area contributed by atoms with Gasteiger partial charge in [-0.15, -0.1) is 0 Å². The number of alkyl halides is 3. The molecule has 0 aliphatic carbocycles. The van der Waals surface area contributed by atoms with Gasteiger partial charge in [0.25, 0.3) is 5.91 Å². The molecule has 0 heterocycles. The summed E-state index contributed by atoms with van der Waals surface area (Å²) in [6.45, 7) is 2.34. The van der Waals surface area contributed by atoms with Gasteiger partial charge in [0, 0.05) is 20.2 Å². The van der Waals surface area contributed by atoms with Crippen LogP contribution < -0.4 is 4.48 Å². The minimum Gasteiger partial charge on any atom is -0.465 e. The van der Waals surface area contributed by atoms with Crippen LogP contribution in [0.4, 0.5) is 18.9 Å². The van der Waals surface area contributed by atoms with Crippen molar-refractivity contribution in [3.63, 3.8) is 0 Å². The summed E-state index contributed by atoms with van der Waals surface area (Å²) in [7, 11) is 6.22. The van der Waals surface area contributed by atoms with Crippen LogP contribution >= 0.6 is 0 Å². The second-order valence-corrected chi connectivity index (χ2v) is 13.0. The molecule has 0 saturated carbocycles. The molecule has 0 aliphatic rings. The summed E-state index contributed by atoms with van der Waals surface area (Å²) < 4.78 is 55.3. The zero-order chi connectivity index (χ0) is 39.8. The van der Waals surface area contributed by atoms with Gasteiger partial charge in [0.2, 0.25) is 5.41 Å². The number of carbonyl (C=O) groups is 5. The molecule has 4 aromatic carbocycles. The lowest BCUT2D eigenvalue weighted by Gasteiger charge is -2.30. The summed E-state index contributed by atoms with van der Waals surface area (Å²) in [5, 5.41) is 0. The molecule has 10 nitrogen and oxygen atoms in total. The van der Waals surface area contributed by atoms with Crippen molar-refractivity contribution in [2.75, 3.05) is 48.0 Å². The van der Waals surface area contributed by atoms with Gasteiger partial charge < -0.3 is 19.1 Å². The van der Waals surface area contributed by atoms with Crippen molar-refractivity contribution in [3.05, 3.63) is 125 Å². The fourth-order valence-corrected chi connectivity index (χ4v) is 5.92. The van der Waals surface area contributed by atoms with Crippen LogP contribution in [0.3, 0.4) is 0 Å². The molecule has 0 aliphatic heterocycles. The standard InChI is InChI=1S/C41H42F3N2O8/c1-7-52-38(50)40(39(51)53-8-2,29-14-10-9-11-15-29)26-54-35(47)25-27-18-23-34(33(24-27)36(48)45(3)4)46(5,6)37(49)32-17-13-12-16-31(32)28-19-21-30(22-20-28)41(42,43)44/h9-24H,7-8,25-26H2,1-6H3/q+1. The zero-order valence-electron chi connectivity index (χ0n) is 30.9. The van der Waals surface area contributed by atoms with E-state index in [4.69, 9.17) is 14.2 Å². The van der Waals surface area contributed by atoms with Gasteiger partial charge in [-0.2, -0.15) is 13.2 Å².